The highest BCUT2D eigenvalue weighted by molar-refractivity contribution is 6.00. The SMILES string of the molecule is Cn1c(C2(NC(=O)c3ccc4c(C5CCCCC5)c(-c5ccoc5)[nH]c4c3)CCC2)nc2cc(/C=C/C(=O)O)ccc21. The van der Waals surface area contributed by atoms with Gasteiger partial charge in [0.1, 0.15) is 5.82 Å². The fourth-order valence-electron chi connectivity index (χ4n) is 6.95. The van der Waals surface area contributed by atoms with Gasteiger partial charge in [0, 0.05) is 35.2 Å². The molecule has 0 atom stereocenters. The number of aryl methyl sites for hydroxylation is 1. The molecule has 214 valence electrons. The average Bonchev–Trinajstić information content (AvgIpc) is 3.71. The average molecular weight is 563 g/mol. The number of carbonyl (C=O) groups excluding carboxylic acids is 1. The predicted molar refractivity (Wildman–Crippen MR) is 162 cm³/mol. The van der Waals surface area contributed by atoms with Crippen LogP contribution >= 0.6 is 0 Å². The number of H-pyrrole nitrogens is 1. The summed E-state index contributed by atoms with van der Waals surface area (Å²) in [6, 6.07) is 13.7. The van der Waals surface area contributed by atoms with Gasteiger partial charge in [-0.05, 0) is 85.6 Å². The second-order valence-electron chi connectivity index (χ2n) is 11.8. The Morgan fingerprint density at radius 1 is 1.10 bits per heavy atom. The summed E-state index contributed by atoms with van der Waals surface area (Å²) in [5.41, 5.74) is 6.97. The molecular formula is C34H34N4O4. The minimum atomic E-state index is -0.992. The molecule has 0 bridgehead atoms. The summed E-state index contributed by atoms with van der Waals surface area (Å²) in [7, 11) is 1.97. The molecule has 3 N–H and O–H groups in total. The first-order valence-electron chi connectivity index (χ1n) is 14.8. The third-order valence-corrected chi connectivity index (χ3v) is 9.24. The lowest BCUT2D eigenvalue weighted by Crippen LogP contribution is -2.52. The number of nitrogens with zero attached hydrogens (tertiary/aromatic N) is 2. The first-order valence-corrected chi connectivity index (χ1v) is 14.8. The molecule has 0 radical (unpaired) electrons. The number of aromatic nitrogens is 3. The maximum absolute atomic E-state index is 13.8. The fraction of sp³-hybridized carbons (Fsp3) is 0.324. The molecule has 0 spiro atoms. The van der Waals surface area contributed by atoms with E-state index in [1.807, 2.05) is 48.0 Å². The summed E-state index contributed by atoms with van der Waals surface area (Å²) in [4.78, 5) is 33.3. The third kappa shape index (κ3) is 4.51. The van der Waals surface area contributed by atoms with E-state index in [0.29, 0.717) is 11.5 Å². The van der Waals surface area contributed by atoms with Crippen molar-refractivity contribution in [3.05, 3.63) is 83.6 Å². The van der Waals surface area contributed by atoms with Gasteiger partial charge in [-0.25, -0.2) is 9.78 Å². The number of amides is 1. The van der Waals surface area contributed by atoms with E-state index in [9.17, 15) is 9.59 Å². The van der Waals surface area contributed by atoms with Crippen molar-refractivity contribution in [1.82, 2.24) is 19.9 Å². The zero-order chi connectivity index (χ0) is 28.8. The highest BCUT2D eigenvalue weighted by Crippen LogP contribution is 2.44. The van der Waals surface area contributed by atoms with Crippen LogP contribution in [0.15, 0.2) is 65.5 Å². The molecule has 3 aromatic heterocycles. The van der Waals surface area contributed by atoms with Crippen LogP contribution in [0.5, 0.6) is 0 Å². The second-order valence-corrected chi connectivity index (χ2v) is 11.8. The van der Waals surface area contributed by atoms with Crippen LogP contribution in [0, 0.1) is 0 Å². The first-order chi connectivity index (χ1) is 20.4. The number of aromatic amines is 1. The van der Waals surface area contributed by atoms with Gasteiger partial charge in [-0.15, -0.1) is 0 Å². The molecule has 2 fully saturated rings. The third-order valence-electron chi connectivity index (χ3n) is 9.24. The van der Waals surface area contributed by atoms with Gasteiger partial charge in [0.2, 0.25) is 0 Å². The van der Waals surface area contributed by atoms with Crippen molar-refractivity contribution in [2.24, 2.45) is 7.05 Å². The molecule has 42 heavy (non-hydrogen) atoms. The van der Waals surface area contributed by atoms with E-state index in [-0.39, 0.29) is 5.91 Å². The number of carboxylic acid groups (broad SMARTS) is 1. The molecule has 0 aliphatic heterocycles. The number of fused-ring (bicyclic) bond motifs is 2. The van der Waals surface area contributed by atoms with Crippen LogP contribution in [-0.2, 0) is 17.4 Å². The number of nitrogens with one attached hydrogen (secondary N) is 2. The van der Waals surface area contributed by atoms with Gasteiger partial charge in [0.15, 0.2) is 0 Å². The summed E-state index contributed by atoms with van der Waals surface area (Å²) >= 11 is 0. The van der Waals surface area contributed by atoms with E-state index in [1.54, 1.807) is 18.6 Å². The van der Waals surface area contributed by atoms with Gasteiger partial charge in [-0.1, -0.05) is 31.4 Å². The van der Waals surface area contributed by atoms with E-state index in [2.05, 4.69) is 16.4 Å². The van der Waals surface area contributed by atoms with Gasteiger partial charge in [0.05, 0.1) is 34.8 Å². The van der Waals surface area contributed by atoms with Crippen LogP contribution in [0.4, 0.5) is 0 Å². The smallest absolute Gasteiger partial charge is 0.328 e. The molecule has 8 nitrogen and oxygen atoms in total. The van der Waals surface area contributed by atoms with E-state index in [4.69, 9.17) is 14.5 Å². The van der Waals surface area contributed by atoms with Crippen LogP contribution in [0.1, 0.15) is 84.6 Å². The Bertz CT molecular complexity index is 1830. The fourth-order valence-corrected chi connectivity index (χ4v) is 6.95. The van der Waals surface area contributed by atoms with Crippen molar-refractivity contribution in [3.63, 3.8) is 0 Å². The molecule has 8 heteroatoms. The number of rotatable bonds is 7. The molecule has 2 aliphatic carbocycles. The Kier molecular flexibility index (Phi) is 6.49. The maximum atomic E-state index is 13.8. The quantitative estimate of drug-likeness (QED) is 0.181. The second kappa shape index (κ2) is 10.4. The van der Waals surface area contributed by atoms with Gasteiger partial charge >= 0.3 is 5.97 Å². The molecule has 0 unspecified atom stereocenters. The van der Waals surface area contributed by atoms with Crippen LogP contribution in [0.25, 0.3) is 39.3 Å². The number of hydrogen-bond acceptors (Lipinski definition) is 4. The summed E-state index contributed by atoms with van der Waals surface area (Å²) in [6.45, 7) is 0. The lowest BCUT2D eigenvalue weighted by Gasteiger charge is -2.41. The van der Waals surface area contributed by atoms with Crippen molar-refractivity contribution in [3.8, 4) is 11.3 Å². The molecule has 2 aliphatic rings. The standard InChI is InChI=1S/C34H34N4O4/c1-38-28-12-8-21(9-13-29(39)40)18-27(28)36-33(38)34(15-5-16-34)37-32(41)23-10-11-25-26(19-23)35-31(24-14-17-42-20-24)30(25)22-6-3-2-4-7-22/h8-14,17-20,22,35H,2-7,15-16H2,1H3,(H,37,41)(H,39,40)/b13-9+. The lowest BCUT2D eigenvalue weighted by atomic mass is 9.75. The van der Waals surface area contributed by atoms with Crippen molar-refractivity contribution >= 4 is 39.9 Å². The number of carbonyl (C=O) groups is 2. The number of carboxylic acids is 1. The van der Waals surface area contributed by atoms with Gasteiger partial charge in [0.25, 0.3) is 5.91 Å². The predicted octanol–water partition coefficient (Wildman–Crippen LogP) is 7.27. The van der Waals surface area contributed by atoms with Crippen molar-refractivity contribution in [1.29, 1.82) is 0 Å². The topological polar surface area (TPSA) is 113 Å². The Balaban J connectivity index is 1.21. The first kappa shape index (κ1) is 26.3. The normalized spacial score (nSPS) is 17.2. The minimum Gasteiger partial charge on any atom is -0.478 e. The zero-order valence-corrected chi connectivity index (χ0v) is 23.7. The van der Waals surface area contributed by atoms with Crippen LogP contribution in [0.2, 0.25) is 0 Å². The summed E-state index contributed by atoms with van der Waals surface area (Å²) in [5.74, 6) is 0.202. The molecular weight excluding hydrogens is 528 g/mol. The van der Waals surface area contributed by atoms with Gasteiger partial charge in [-0.2, -0.15) is 0 Å². The number of furan rings is 1. The molecule has 7 rings (SSSR count). The van der Waals surface area contributed by atoms with Crippen LogP contribution in [0.3, 0.4) is 0 Å². The minimum absolute atomic E-state index is 0.118. The molecule has 1 amide bonds. The lowest BCUT2D eigenvalue weighted by molar-refractivity contribution is -0.131. The van der Waals surface area contributed by atoms with Crippen molar-refractivity contribution in [2.45, 2.75) is 62.8 Å². The molecule has 0 saturated heterocycles. The molecule has 3 heterocycles. The molecule has 5 aromatic rings. The summed E-state index contributed by atoms with van der Waals surface area (Å²) in [5, 5.41) is 13.5. The Hall–Kier alpha value is -4.59. The zero-order valence-electron chi connectivity index (χ0n) is 23.7. The Morgan fingerprint density at radius 3 is 2.64 bits per heavy atom. The Morgan fingerprint density at radius 2 is 1.93 bits per heavy atom. The Labute approximate surface area is 243 Å². The number of hydrogen-bond donors (Lipinski definition) is 3. The largest absolute Gasteiger partial charge is 0.478 e. The van der Waals surface area contributed by atoms with Crippen LogP contribution < -0.4 is 5.32 Å². The van der Waals surface area contributed by atoms with Gasteiger partial charge in [-0.3, -0.25) is 4.79 Å². The van der Waals surface area contributed by atoms with E-state index in [0.717, 1.165) is 64.5 Å². The van der Waals surface area contributed by atoms with E-state index >= 15 is 0 Å². The monoisotopic (exact) mass is 562 g/mol. The number of imidazole rings is 1. The van der Waals surface area contributed by atoms with E-state index in [1.165, 1.54) is 43.1 Å². The van der Waals surface area contributed by atoms with E-state index < -0.39 is 11.5 Å². The molecule has 2 aromatic carbocycles. The highest BCUT2D eigenvalue weighted by Gasteiger charge is 2.44. The molecule has 2 saturated carbocycles. The van der Waals surface area contributed by atoms with Crippen LogP contribution in [-0.4, -0.2) is 31.5 Å². The maximum Gasteiger partial charge on any atom is 0.328 e. The van der Waals surface area contributed by atoms with Crippen molar-refractivity contribution < 1.29 is 19.1 Å². The highest BCUT2D eigenvalue weighted by atomic mass is 16.4. The summed E-state index contributed by atoms with van der Waals surface area (Å²) in [6.07, 6.45) is 14.9. The number of benzene rings is 2. The number of aliphatic carboxylic acids is 1. The van der Waals surface area contributed by atoms with Gasteiger partial charge < -0.3 is 24.4 Å². The summed E-state index contributed by atoms with van der Waals surface area (Å²) < 4.78 is 7.47. The van der Waals surface area contributed by atoms with Crippen molar-refractivity contribution in [2.75, 3.05) is 0 Å².